The van der Waals surface area contributed by atoms with Crippen LogP contribution in [-0.4, -0.2) is 37.9 Å². The second kappa shape index (κ2) is 51.5. The van der Waals surface area contributed by atoms with Crippen molar-refractivity contribution in [1.29, 1.82) is 0 Å². The van der Waals surface area contributed by atoms with Crippen LogP contribution in [0.5, 0.6) is 0 Å². The van der Waals surface area contributed by atoms with Crippen molar-refractivity contribution in [3.05, 3.63) is 36.5 Å². The minimum atomic E-state index is -0.541. The predicted octanol–water partition coefficient (Wildman–Crippen LogP) is 17.8. The molecule has 0 aromatic rings. The van der Waals surface area contributed by atoms with Crippen molar-refractivity contribution in [3.8, 4) is 0 Å². The molecule has 0 aromatic carbocycles. The lowest BCUT2D eigenvalue weighted by Crippen LogP contribution is -2.30. The summed E-state index contributed by atoms with van der Waals surface area (Å²) in [6, 6.07) is 0. The van der Waals surface area contributed by atoms with Crippen LogP contribution < -0.4 is 0 Å². The van der Waals surface area contributed by atoms with E-state index in [9.17, 15) is 9.59 Å². The van der Waals surface area contributed by atoms with Crippen LogP contribution in [0.2, 0.25) is 0 Å². The molecule has 60 heavy (non-hydrogen) atoms. The van der Waals surface area contributed by atoms with Gasteiger partial charge in [-0.1, -0.05) is 224 Å². The molecule has 5 nitrogen and oxygen atoms in total. The quantitative estimate of drug-likeness (QED) is 0.0347. The van der Waals surface area contributed by atoms with Gasteiger partial charge in [-0.15, -0.1) is 0 Å². The monoisotopic (exact) mass is 843 g/mol. The van der Waals surface area contributed by atoms with Gasteiger partial charge in [0.15, 0.2) is 6.10 Å². The standard InChI is InChI=1S/C55H102O5/c1-4-7-10-13-16-19-22-25-27-29-32-35-38-41-44-47-50-58-51-53(60-55(57)49-46-43-40-37-34-30-24-21-18-15-12-9-6-3)52-59-54(56)48-45-42-39-36-33-31-28-26-23-20-17-14-11-8-5-2/h17,20-21,24,26,28,53H,4-16,18-19,22-23,25,27,29-52H2,1-3H3/b20-17-,24-21-,28-26-/t53-/m1/s1. The number of carbonyl (C=O) groups is 2. The Morgan fingerprint density at radius 3 is 1.17 bits per heavy atom. The second-order valence-corrected chi connectivity index (χ2v) is 17.8. The Balaban J connectivity index is 4.26. The highest BCUT2D eigenvalue weighted by Crippen LogP contribution is 2.15. The van der Waals surface area contributed by atoms with E-state index in [1.165, 1.54) is 180 Å². The molecule has 0 aliphatic heterocycles. The number of ether oxygens (including phenoxy) is 3. The van der Waals surface area contributed by atoms with Crippen molar-refractivity contribution in [2.24, 2.45) is 0 Å². The van der Waals surface area contributed by atoms with Gasteiger partial charge >= 0.3 is 11.9 Å². The van der Waals surface area contributed by atoms with E-state index in [0.29, 0.717) is 19.4 Å². The molecule has 1 atom stereocenters. The molecule has 0 fully saturated rings. The number of hydrogen-bond donors (Lipinski definition) is 0. The summed E-state index contributed by atoms with van der Waals surface area (Å²) in [6.45, 7) is 7.81. The van der Waals surface area contributed by atoms with E-state index in [0.717, 1.165) is 64.2 Å². The van der Waals surface area contributed by atoms with Gasteiger partial charge in [-0.2, -0.15) is 0 Å². The Morgan fingerprint density at radius 2 is 0.700 bits per heavy atom. The smallest absolute Gasteiger partial charge is 0.306 e. The third-order valence-corrected chi connectivity index (χ3v) is 11.6. The number of allylic oxidation sites excluding steroid dienone is 6. The Labute approximate surface area is 374 Å². The molecule has 0 aliphatic carbocycles. The molecule has 352 valence electrons. The lowest BCUT2D eigenvalue weighted by Gasteiger charge is -2.18. The van der Waals surface area contributed by atoms with Crippen molar-refractivity contribution in [2.45, 2.75) is 284 Å². The summed E-state index contributed by atoms with van der Waals surface area (Å²) in [5.74, 6) is -0.410. The molecule has 0 saturated carbocycles. The van der Waals surface area contributed by atoms with E-state index < -0.39 is 6.10 Å². The summed E-state index contributed by atoms with van der Waals surface area (Å²) < 4.78 is 17.4. The maximum atomic E-state index is 12.8. The summed E-state index contributed by atoms with van der Waals surface area (Å²) >= 11 is 0. The maximum absolute atomic E-state index is 12.8. The lowest BCUT2D eigenvalue weighted by molar-refractivity contribution is -0.163. The van der Waals surface area contributed by atoms with Crippen molar-refractivity contribution in [2.75, 3.05) is 19.8 Å². The Bertz CT molecular complexity index is 955. The molecule has 0 heterocycles. The van der Waals surface area contributed by atoms with Gasteiger partial charge in [0.2, 0.25) is 0 Å². The molecule has 0 bridgehead atoms. The van der Waals surface area contributed by atoms with E-state index in [1.807, 2.05) is 0 Å². The molecule has 0 N–H and O–H groups in total. The molecular formula is C55H102O5. The van der Waals surface area contributed by atoms with Gasteiger partial charge in [0.25, 0.3) is 0 Å². The summed E-state index contributed by atoms with van der Waals surface area (Å²) in [4.78, 5) is 25.4. The van der Waals surface area contributed by atoms with Crippen molar-refractivity contribution < 1.29 is 23.8 Å². The van der Waals surface area contributed by atoms with Gasteiger partial charge in [-0.3, -0.25) is 9.59 Å². The number of hydrogen-bond acceptors (Lipinski definition) is 5. The van der Waals surface area contributed by atoms with Gasteiger partial charge in [-0.05, 0) is 77.0 Å². The van der Waals surface area contributed by atoms with Crippen LogP contribution in [0.15, 0.2) is 36.5 Å². The van der Waals surface area contributed by atoms with Gasteiger partial charge in [-0.25, -0.2) is 0 Å². The minimum Gasteiger partial charge on any atom is -0.462 e. The highest BCUT2D eigenvalue weighted by molar-refractivity contribution is 5.70. The molecule has 0 amide bonds. The first-order valence-electron chi connectivity index (χ1n) is 26.5. The van der Waals surface area contributed by atoms with Crippen LogP contribution in [0.25, 0.3) is 0 Å². The molecule has 0 unspecified atom stereocenters. The first-order chi connectivity index (χ1) is 29.6. The van der Waals surface area contributed by atoms with E-state index in [-0.39, 0.29) is 25.2 Å². The van der Waals surface area contributed by atoms with Gasteiger partial charge < -0.3 is 14.2 Å². The topological polar surface area (TPSA) is 61.8 Å². The zero-order chi connectivity index (χ0) is 43.5. The average Bonchev–Trinajstić information content (AvgIpc) is 3.25. The van der Waals surface area contributed by atoms with Crippen molar-refractivity contribution in [3.63, 3.8) is 0 Å². The fourth-order valence-corrected chi connectivity index (χ4v) is 7.65. The maximum Gasteiger partial charge on any atom is 0.306 e. The van der Waals surface area contributed by atoms with Crippen molar-refractivity contribution in [1.82, 2.24) is 0 Å². The molecule has 0 aromatic heterocycles. The van der Waals surface area contributed by atoms with E-state index in [4.69, 9.17) is 14.2 Å². The van der Waals surface area contributed by atoms with Crippen LogP contribution in [0.1, 0.15) is 278 Å². The summed E-state index contributed by atoms with van der Waals surface area (Å²) in [7, 11) is 0. The van der Waals surface area contributed by atoms with Gasteiger partial charge in [0.05, 0.1) is 6.61 Å². The van der Waals surface area contributed by atoms with E-state index >= 15 is 0 Å². The first kappa shape index (κ1) is 58.1. The molecule has 0 saturated heterocycles. The average molecular weight is 843 g/mol. The normalized spacial score (nSPS) is 12.4. The zero-order valence-electron chi connectivity index (χ0n) is 40.5. The second-order valence-electron chi connectivity index (χ2n) is 17.8. The minimum absolute atomic E-state index is 0.0793. The third-order valence-electron chi connectivity index (χ3n) is 11.6. The first-order valence-corrected chi connectivity index (χ1v) is 26.5. The van der Waals surface area contributed by atoms with Gasteiger partial charge in [0.1, 0.15) is 6.61 Å². The Kier molecular flexibility index (Phi) is 49.9. The van der Waals surface area contributed by atoms with Crippen LogP contribution in [0.3, 0.4) is 0 Å². The van der Waals surface area contributed by atoms with E-state index in [2.05, 4.69) is 57.2 Å². The number of rotatable bonds is 49. The highest BCUT2D eigenvalue weighted by Gasteiger charge is 2.17. The van der Waals surface area contributed by atoms with Crippen LogP contribution in [-0.2, 0) is 23.8 Å². The molecular weight excluding hydrogens is 741 g/mol. The van der Waals surface area contributed by atoms with Crippen LogP contribution >= 0.6 is 0 Å². The zero-order valence-corrected chi connectivity index (χ0v) is 40.5. The molecule has 5 heteroatoms. The molecule has 0 radical (unpaired) electrons. The Hall–Kier alpha value is -1.88. The number of esters is 2. The fraction of sp³-hybridized carbons (Fsp3) is 0.855. The third kappa shape index (κ3) is 48.8. The largest absolute Gasteiger partial charge is 0.462 e. The highest BCUT2D eigenvalue weighted by atomic mass is 16.6. The predicted molar refractivity (Wildman–Crippen MR) is 261 cm³/mol. The fourth-order valence-electron chi connectivity index (χ4n) is 7.65. The summed E-state index contributed by atoms with van der Waals surface area (Å²) in [6.07, 6.45) is 61.5. The summed E-state index contributed by atoms with van der Waals surface area (Å²) in [5.41, 5.74) is 0. The van der Waals surface area contributed by atoms with Crippen molar-refractivity contribution >= 4 is 11.9 Å². The molecule has 0 spiro atoms. The Morgan fingerprint density at radius 1 is 0.367 bits per heavy atom. The van der Waals surface area contributed by atoms with Crippen LogP contribution in [0, 0.1) is 0 Å². The van der Waals surface area contributed by atoms with Crippen LogP contribution in [0.4, 0.5) is 0 Å². The lowest BCUT2D eigenvalue weighted by atomic mass is 10.0. The summed E-state index contributed by atoms with van der Waals surface area (Å²) in [5, 5.41) is 0. The number of carbonyl (C=O) groups excluding carboxylic acids is 2. The molecule has 0 rings (SSSR count). The number of unbranched alkanes of at least 4 members (excludes halogenated alkanes) is 32. The van der Waals surface area contributed by atoms with E-state index in [1.54, 1.807) is 0 Å². The van der Waals surface area contributed by atoms with Gasteiger partial charge in [0, 0.05) is 19.4 Å². The molecule has 0 aliphatic rings. The SMILES string of the molecule is CCCCC/C=C\C/C=C\CCCCCCCC(=O)OC[C@@H](COCCCCCCCCCCCCCCCCCC)OC(=O)CCCCCCC/C=C\CCCCCC.